The largest absolute Gasteiger partial charge is 0.497 e. The standard InChI is InChI=1S/C30H41FN2O6S2Si/c1-7-38-30(35)27-21(2)41-26(32-27)19-33(14-8-10-23-11-9-16-40-23)29(34)28(39-20-37-15-17-42(4,5)6)24-13-12-22(36-3)18-25(24)31/h9,11-13,16,18,28H,7-8,10,14-15,17,19-20H2,1-6H3/t28-/m1/s1. The van der Waals surface area contributed by atoms with Crippen LogP contribution < -0.4 is 4.74 Å². The molecule has 1 atom stereocenters. The minimum Gasteiger partial charge on any atom is -0.497 e. The molecule has 0 aliphatic heterocycles. The summed E-state index contributed by atoms with van der Waals surface area (Å²) in [4.78, 5) is 34.5. The molecule has 0 bridgehead atoms. The first-order valence-electron chi connectivity index (χ1n) is 14.0. The van der Waals surface area contributed by atoms with Crippen LogP contribution in [0.25, 0.3) is 0 Å². The highest BCUT2D eigenvalue weighted by Crippen LogP contribution is 2.29. The molecule has 0 unspecified atom stereocenters. The van der Waals surface area contributed by atoms with Gasteiger partial charge in [-0.15, -0.1) is 22.7 Å². The predicted molar refractivity (Wildman–Crippen MR) is 167 cm³/mol. The van der Waals surface area contributed by atoms with Crippen LogP contribution in [0.5, 0.6) is 5.75 Å². The average molecular weight is 637 g/mol. The molecule has 0 aliphatic rings. The smallest absolute Gasteiger partial charge is 0.358 e. The molecule has 0 saturated carbocycles. The number of methoxy groups -OCH3 is 1. The fraction of sp³-hybridized carbons (Fsp3) is 0.500. The van der Waals surface area contributed by atoms with Gasteiger partial charge in [0.2, 0.25) is 0 Å². The van der Waals surface area contributed by atoms with Crippen LogP contribution in [0.2, 0.25) is 25.7 Å². The van der Waals surface area contributed by atoms with E-state index in [1.54, 1.807) is 36.2 Å². The summed E-state index contributed by atoms with van der Waals surface area (Å²) in [6, 6.07) is 9.34. The molecular weight excluding hydrogens is 596 g/mol. The molecule has 12 heteroatoms. The number of halogens is 1. The number of benzene rings is 1. The molecule has 3 rings (SSSR count). The molecule has 42 heavy (non-hydrogen) atoms. The van der Waals surface area contributed by atoms with Gasteiger partial charge in [-0.3, -0.25) is 4.79 Å². The highest BCUT2D eigenvalue weighted by Gasteiger charge is 2.31. The normalized spacial score (nSPS) is 12.3. The molecule has 230 valence electrons. The molecule has 1 amide bonds. The molecule has 0 N–H and O–H groups in total. The SMILES string of the molecule is CCOC(=O)c1nc(CN(CCCc2cccs2)C(=O)[C@H](OCOCC[Si](C)(C)C)c2ccc(OC)cc2F)sc1C. The molecular formula is C30H41FN2O6S2Si. The Morgan fingerprint density at radius 2 is 1.98 bits per heavy atom. The third-order valence-corrected chi connectivity index (χ3v) is 10.0. The van der Waals surface area contributed by atoms with Crippen molar-refractivity contribution in [3.63, 3.8) is 0 Å². The molecule has 2 heterocycles. The van der Waals surface area contributed by atoms with Crippen molar-refractivity contribution in [1.82, 2.24) is 9.88 Å². The maximum Gasteiger partial charge on any atom is 0.358 e. The van der Waals surface area contributed by atoms with Crippen LogP contribution in [0, 0.1) is 12.7 Å². The van der Waals surface area contributed by atoms with Gasteiger partial charge in [0, 0.05) is 42.6 Å². The maximum absolute atomic E-state index is 15.3. The maximum atomic E-state index is 15.3. The summed E-state index contributed by atoms with van der Waals surface area (Å²) in [5.41, 5.74) is 0.341. The Balaban J connectivity index is 1.87. The van der Waals surface area contributed by atoms with Gasteiger partial charge in [-0.05, 0) is 56.3 Å². The Bertz CT molecular complexity index is 1300. The number of carbonyl (C=O) groups is 2. The molecule has 0 radical (unpaired) electrons. The lowest BCUT2D eigenvalue weighted by atomic mass is 10.1. The average Bonchev–Trinajstić information content (AvgIpc) is 3.59. The quantitative estimate of drug-likeness (QED) is 0.0692. The number of thiophene rings is 1. The highest BCUT2D eigenvalue weighted by atomic mass is 32.1. The van der Waals surface area contributed by atoms with Crippen molar-refractivity contribution in [2.45, 2.75) is 65.0 Å². The van der Waals surface area contributed by atoms with Gasteiger partial charge in [0.25, 0.3) is 5.91 Å². The number of carbonyl (C=O) groups excluding carboxylic acids is 2. The Morgan fingerprint density at radius 3 is 2.62 bits per heavy atom. The first-order valence-corrected chi connectivity index (χ1v) is 19.4. The monoisotopic (exact) mass is 636 g/mol. The number of hydrogen-bond acceptors (Lipinski definition) is 9. The van der Waals surface area contributed by atoms with Gasteiger partial charge in [0.05, 0.1) is 20.3 Å². The number of aryl methyl sites for hydroxylation is 2. The Labute approximate surface area is 256 Å². The van der Waals surface area contributed by atoms with Gasteiger partial charge in [0.15, 0.2) is 11.8 Å². The minimum absolute atomic E-state index is 0.0976. The lowest BCUT2D eigenvalue weighted by Gasteiger charge is -2.27. The van der Waals surface area contributed by atoms with Crippen molar-refractivity contribution >= 4 is 42.6 Å². The number of thiazole rings is 1. The minimum atomic E-state index is -1.32. The number of aromatic nitrogens is 1. The van der Waals surface area contributed by atoms with E-state index in [1.807, 2.05) is 11.4 Å². The van der Waals surface area contributed by atoms with Gasteiger partial charge in [-0.1, -0.05) is 25.7 Å². The molecule has 1 aromatic carbocycles. The Morgan fingerprint density at radius 1 is 1.19 bits per heavy atom. The predicted octanol–water partition coefficient (Wildman–Crippen LogP) is 6.87. The number of ether oxygens (including phenoxy) is 4. The van der Waals surface area contributed by atoms with Gasteiger partial charge in [0.1, 0.15) is 23.4 Å². The lowest BCUT2D eigenvalue weighted by Crippen LogP contribution is -2.37. The zero-order valence-corrected chi connectivity index (χ0v) is 27.9. The van der Waals surface area contributed by atoms with E-state index in [0.29, 0.717) is 35.2 Å². The van der Waals surface area contributed by atoms with E-state index in [1.165, 1.54) is 35.5 Å². The molecule has 2 aromatic heterocycles. The van der Waals surface area contributed by atoms with E-state index in [0.717, 1.165) is 12.5 Å². The van der Waals surface area contributed by atoms with Crippen LogP contribution in [-0.2, 0) is 32.0 Å². The number of nitrogens with zero attached hydrogens (tertiary/aromatic N) is 2. The van der Waals surface area contributed by atoms with E-state index in [-0.39, 0.29) is 31.2 Å². The summed E-state index contributed by atoms with van der Waals surface area (Å²) in [5.74, 6) is -1.18. The van der Waals surface area contributed by atoms with Crippen LogP contribution in [0.4, 0.5) is 4.39 Å². The zero-order valence-electron chi connectivity index (χ0n) is 25.2. The van der Waals surface area contributed by atoms with Gasteiger partial charge in [-0.25, -0.2) is 14.2 Å². The summed E-state index contributed by atoms with van der Waals surface area (Å²) in [6.45, 7) is 11.4. The fourth-order valence-electron chi connectivity index (χ4n) is 4.10. The van der Waals surface area contributed by atoms with Gasteiger partial charge >= 0.3 is 5.97 Å². The van der Waals surface area contributed by atoms with Crippen molar-refractivity contribution in [2.24, 2.45) is 0 Å². The van der Waals surface area contributed by atoms with E-state index in [4.69, 9.17) is 18.9 Å². The van der Waals surface area contributed by atoms with Crippen LogP contribution in [-0.4, -0.2) is 63.5 Å². The van der Waals surface area contributed by atoms with Crippen molar-refractivity contribution in [2.75, 3.05) is 33.7 Å². The van der Waals surface area contributed by atoms with Crippen LogP contribution >= 0.6 is 22.7 Å². The lowest BCUT2D eigenvalue weighted by molar-refractivity contribution is -0.156. The van der Waals surface area contributed by atoms with Crippen molar-refractivity contribution in [3.05, 3.63) is 67.5 Å². The van der Waals surface area contributed by atoms with E-state index in [9.17, 15) is 9.59 Å². The molecule has 0 aliphatic carbocycles. The van der Waals surface area contributed by atoms with Crippen LogP contribution in [0.15, 0.2) is 35.7 Å². The summed E-state index contributed by atoms with van der Waals surface area (Å²) < 4.78 is 37.3. The molecule has 0 spiro atoms. The second-order valence-electron chi connectivity index (χ2n) is 10.9. The highest BCUT2D eigenvalue weighted by molar-refractivity contribution is 7.11. The molecule has 8 nitrogen and oxygen atoms in total. The number of hydrogen-bond donors (Lipinski definition) is 0. The fourth-order valence-corrected chi connectivity index (χ4v) is 6.54. The van der Waals surface area contributed by atoms with Crippen molar-refractivity contribution in [3.8, 4) is 5.75 Å². The third kappa shape index (κ3) is 10.3. The number of rotatable bonds is 17. The van der Waals surface area contributed by atoms with Crippen molar-refractivity contribution in [1.29, 1.82) is 0 Å². The zero-order chi connectivity index (χ0) is 30.7. The Kier molecular flexibility index (Phi) is 13.1. The van der Waals surface area contributed by atoms with E-state index < -0.39 is 31.9 Å². The first-order chi connectivity index (χ1) is 20.0. The van der Waals surface area contributed by atoms with Gasteiger partial charge < -0.3 is 23.8 Å². The van der Waals surface area contributed by atoms with Crippen LogP contribution in [0.1, 0.15) is 50.3 Å². The molecule has 0 fully saturated rings. The summed E-state index contributed by atoms with van der Waals surface area (Å²) in [7, 11) is 0.132. The number of amides is 1. The molecule has 3 aromatic rings. The second kappa shape index (κ2) is 16.3. The van der Waals surface area contributed by atoms with E-state index in [2.05, 4.69) is 30.7 Å². The topological polar surface area (TPSA) is 87.2 Å². The summed E-state index contributed by atoms with van der Waals surface area (Å²) in [5, 5.41) is 2.60. The van der Waals surface area contributed by atoms with Crippen LogP contribution in [0.3, 0.4) is 0 Å². The Hall–Kier alpha value is -2.64. The van der Waals surface area contributed by atoms with Crippen molar-refractivity contribution < 1.29 is 32.9 Å². The van der Waals surface area contributed by atoms with Gasteiger partial charge in [-0.2, -0.15) is 0 Å². The summed E-state index contributed by atoms with van der Waals surface area (Å²) in [6.07, 6.45) is 0.232. The first kappa shape index (κ1) is 33.9. The summed E-state index contributed by atoms with van der Waals surface area (Å²) >= 11 is 2.99. The number of esters is 1. The third-order valence-electron chi connectivity index (χ3n) is 6.41. The molecule has 0 saturated heterocycles. The van der Waals surface area contributed by atoms with E-state index >= 15 is 4.39 Å². The second-order valence-corrected chi connectivity index (χ2v) is 18.9.